The van der Waals surface area contributed by atoms with Gasteiger partial charge in [-0.05, 0) is 128 Å². The zero-order valence-electron chi connectivity index (χ0n) is 45.1. The van der Waals surface area contributed by atoms with Gasteiger partial charge in [-0.3, -0.25) is 0 Å². The maximum Gasteiger partial charge on any atom is 0.252 e. The van der Waals surface area contributed by atoms with E-state index in [-0.39, 0.29) is 51.3 Å². The van der Waals surface area contributed by atoms with Gasteiger partial charge < -0.3 is 19.1 Å². The molecule has 0 spiro atoms. The van der Waals surface area contributed by atoms with Gasteiger partial charge in [0.2, 0.25) is 0 Å². The van der Waals surface area contributed by atoms with E-state index in [9.17, 15) is 0 Å². The highest BCUT2D eigenvalue weighted by molar-refractivity contribution is 7.00. The van der Waals surface area contributed by atoms with E-state index < -0.39 is 0 Å². The van der Waals surface area contributed by atoms with E-state index in [1.165, 1.54) is 120 Å². The fourth-order valence-corrected chi connectivity index (χ4v) is 15.8. The van der Waals surface area contributed by atoms with Crippen molar-refractivity contribution in [1.82, 2.24) is 4.57 Å². The minimum absolute atomic E-state index is 0.0133. The summed E-state index contributed by atoms with van der Waals surface area (Å²) >= 11 is 0. The third-order valence-electron chi connectivity index (χ3n) is 19.8. The van der Waals surface area contributed by atoms with Crippen LogP contribution in [0.15, 0.2) is 138 Å². The first-order chi connectivity index (χ1) is 34.1. The molecule has 364 valence electrons. The van der Waals surface area contributed by atoms with E-state index in [0.717, 1.165) is 23.6 Å². The molecular formula is C67H72BN3O. The molecular weight excluding hydrogens is 874 g/mol. The molecule has 5 heterocycles. The molecule has 5 heteroatoms. The number of anilines is 3. The molecule has 5 unspecified atom stereocenters. The van der Waals surface area contributed by atoms with E-state index in [1.807, 2.05) is 0 Å². The Balaban J connectivity index is 1.14. The van der Waals surface area contributed by atoms with Gasteiger partial charge in [0.1, 0.15) is 11.5 Å². The van der Waals surface area contributed by atoms with Crippen molar-refractivity contribution in [2.45, 2.75) is 156 Å². The SMILES string of the molecule is CC(C)(C)C1=CC2C(C=C1)N(c1cc3c4c(c1)-n1c5c(c6cc(C(C)(C)C)cc(c61)B4c1ccc(C(C)(C)C)cc1N3C1=C3Oc4ccccc4C3CC=C1)-c1ccccc1C5(C)C)C1(C)CCCCC21C. The Morgan fingerprint density at radius 3 is 2.21 bits per heavy atom. The van der Waals surface area contributed by atoms with Crippen LogP contribution in [0.25, 0.3) is 27.7 Å². The number of hydrogen-bond donors (Lipinski definition) is 0. The number of rotatable bonds is 2. The number of allylic oxidation sites excluding steroid dienone is 5. The van der Waals surface area contributed by atoms with Crippen molar-refractivity contribution in [3.63, 3.8) is 0 Å². The van der Waals surface area contributed by atoms with Gasteiger partial charge in [0.15, 0.2) is 0 Å². The Bertz CT molecular complexity index is 3540. The van der Waals surface area contributed by atoms with Crippen molar-refractivity contribution in [1.29, 1.82) is 0 Å². The van der Waals surface area contributed by atoms with Crippen molar-refractivity contribution >= 4 is 51.1 Å². The van der Waals surface area contributed by atoms with Crippen LogP contribution in [0.5, 0.6) is 5.75 Å². The summed E-state index contributed by atoms with van der Waals surface area (Å²) in [5, 5.41) is 1.39. The van der Waals surface area contributed by atoms with Gasteiger partial charge in [0, 0.05) is 67.3 Å². The summed E-state index contributed by atoms with van der Waals surface area (Å²) in [4.78, 5) is 5.66. The zero-order valence-corrected chi connectivity index (χ0v) is 45.1. The highest BCUT2D eigenvalue weighted by Gasteiger charge is 2.63. The lowest BCUT2D eigenvalue weighted by Crippen LogP contribution is -2.61. The Kier molecular flexibility index (Phi) is 8.83. The van der Waals surface area contributed by atoms with Crippen LogP contribution in [0.3, 0.4) is 0 Å². The molecule has 1 aromatic heterocycles. The standard InChI is InChI=1S/C67H72BN3O/c1-62(2,3)39-28-30-51-48(34-39)66(12)31-18-19-32-67(66,13)71(51)42-37-54-58-55(38-42)70-59-46(57-45-22-14-16-24-47(45)65(10,11)61(57)70)33-41(64(7,8)9)35-50(59)68(58)49-29-27-40(63(4,5)6)36-53(49)69(54)52-25-20-23-44-43-21-15-17-26-56(43)72-60(44)52/h14-17,20-22,24-30,33-38,44,48,51H,18-19,23,31-32H2,1-13H3. The molecule has 14 rings (SSSR count). The van der Waals surface area contributed by atoms with Gasteiger partial charge in [0.05, 0.1) is 17.7 Å². The minimum Gasteiger partial charge on any atom is -0.459 e. The molecule has 0 radical (unpaired) electrons. The zero-order chi connectivity index (χ0) is 50.0. The van der Waals surface area contributed by atoms with Crippen LogP contribution in [0.2, 0.25) is 0 Å². The summed E-state index contributed by atoms with van der Waals surface area (Å²) in [5.41, 5.74) is 22.8. The highest BCUT2D eigenvalue weighted by atomic mass is 16.5. The van der Waals surface area contributed by atoms with E-state index >= 15 is 0 Å². The molecule has 0 N–H and O–H groups in total. The second kappa shape index (κ2) is 14.2. The monoisotopic (exact) mass is 946 g/mol. The Hall–Kier alpha value is -5.94. The molecule has 1 saturated heterocycles. The molecule has 2 fully saturated rings. The Labute approximate surface area is 429 Å². The fourth-order valence-electron chi connectivity index (χ4n) is 15.8. The number of aromatic nitrogens is 1. The molecule has 0 bridgehead atoms. The first-order valence-corrected chi connectivity index (χ1v) is 27.4. The predicted molar refractivity (Wildman–Crippen MR) is 303 cm³/mol. The van der Waals surface area contributed by atoms with Crippen LogP contribution in [0.1, 0.15) is 156 Å². The lowest BCUT2D eigenvalue weighted by atomic mass is 9.33. The van der Waals surface area contributed by atoms with Gasteiger partial charge >= 0.3 is 0 Å². The lowest BCUT2D eigenvalue weighted by molar-refractivity contribution is 0.0976. The third kappa shape index (κ3) is 5.67. The number of hydrogen-bond acceptors (Lipinski definition) is 3. The van der Waals surface area contributed by atoms with Crippen LogP contribution < -0.4 is 30.9 Å². The van der Waals surface area contributed by atoms with Crippen molar-refractivity contribution in [3.05, 3.63) is 166 Å². The topological polar surface area (TPSA) is 20.6 Å². The molecule has 8 aliphatic rings. The smallest absolute Gasteiger partial charge is 0.252 e. The molecule has 6 aromatic rings. The summed E-state index contributed by atoms with van der Waals surface area (Å²) in [6.07, 6.45) is 18.5. The number of ether oxygens (including phenoxy) is 1. The van der Waals surface area contributed by atoms with E-state index in [4.69, 9.17) is 4.74 Å². The number of nitrogens with zero attached hydrogens (tertiary/aromatic N) is 3. The van der Waals surface area contributed by atoms with Gasteiger partial charge in [-0.1, -0.05) is 181 Å². The number of fused-ring (bicyclic) bond motifs is 15. The second-order valence-corrected chi connectivity index (χ2v) is 27.2. The summed E-state index contributed by atoms with van der Waals surface area (Å²) in [7, 11) is 0. The summed E-state index contributed by atoms with van der Waals surface area (Å²) in [5.74, 6) is 2.62. The van der Waals surface area contributed by atoms with Gasteiger partial charge in [-0.25, -0.2) is 0 Å². The summed E-state index contributed by atoms with van der Waals surface area (Å²) < 4.78 is 9.97. The fraction of sp³-hybridized carbons (Fsp3) is 0.403. The molecule has 1 saturated carbocycles. The quantitative estimate of drug-likeness (QED) is 0.161. The lowest BCUT2D eigenvalue weighted by Gasteiger charge is -2.51. The van der Waals surface area contributed by atoms with Crippen molar-refractivity contribution in [3.8, 4) is 22.6 Å². The average molecular weight is 946 g/mol. The van der Waals surface area contributed by atoms with Crippen molar-refractivity contribution in [2.24, 2.45) is 16.7 Å². The summed E-state index contributed by atoms with van der Waals surface area (Å²) in [6, 6.07) is 36.4. The second-order valence-electron chi connectivity index (χ2n) is 27.2. The average Bonchev–Trinajstić information content (AvgIpc) is 4.02. The van der Waals surface area contributed by atoms with Crippen LogP contribution in [0.4, 0.5) is 17.1 Å². The molecule has 4 aliphatic heterocycles. The molecule has 5 aromatic carbocycles. The largest absolute Gasteiger partial charge is 0.459 e. The summed E-state index contributed by atoms with van der Waals surface area (Å²) in [6.45, 7) is 31.8. The number of para-hydroxylation sites is 1. The van der Waals surface area contributed by atoms with Crippen molar-refractivity contribution < 1.29 is 4.74 Å². The first kappa shape index (κ1) is 44.7. The molecule has 4 nitrogen and oxygen atoms in total. The van der Waals surface area contributed by atoms with Gasteiger partial charge in [0.25, 0.3) is 6.71 Å². The Morgan fingerprint density at radius 2 is 1.43 bits per heavy atom. The van der Waals surface area contributed by atoms with Gasteiger partial charge in [-0.2, -0.15) is 0 Å². The Morgan fingerprint density at radius 1 is 0.694 bits per heavy atom. The first-order valence-electron chi connectivity index (χ1n) is 27.4. The third-order valence-corrected chi connectivity index (χ3v) is 19.8. The maximum absolute atomic E-state index is 7.16. The van der Waals surface area contributed by atoms with E-state index in [2.05, 4.69) is 226 Å². The normalized spacial score (nSPS) is 25.9. The maximum atomic E-state index is 7.16. The van der Waals surface area contributed by atoms with Crippen molar-refractivity contribution in [2.75, 3.05) is 9.80 Å². The number of benzene rings is 5. The molecule has 72 heavy (non-hydrogen) atoms. The molecule has 0 amide bonds. The van der Waals surface area contributed by atoms with Gasteiger partial charge in [-0.15, -0.1) is 0 Å². The van der Waals surface area contributed by atoms with E-state index in [1.54, 1.807) is 0 Å². The van der Waals surface area contributed by atoms with Crippen LogP contribution in [0, 0.1) is 16.7 Å². The molecule has 4 aliphatic carbocycles. The van der Waals surface area contributed by atoms with Crippen LogP contribution in [-0.4, -0.2) is 22.9 Å². The minimum atomic E-state index is -0.242. The molecule has 5 atom stereocenters. The van der Waals surface area contributed by atoms with Crippen LogP contribution in [-0.2, 0) is 16.2 Å². The predicted octanol–water partition coefficient (Wildman–Crippen LogP) is 14.8. The highest BCUT2D eigenvalue weighted by Crippen LogP contribution is 2.64. The van der Waals surface area contributed by atoms with Crippen LogP contribution >= 0.6 is 0 Å². The van der Waals surface area contributed by atoms with E-state index in [0.29, 0.717) is 5.92 Å².